The number of hydrogen-bond acceptors (Lipinski definition) is 3. The van der Waals surface area contributed by atoms with E-state index in [0.717, 1.165) is 12.1 Å². The highest BCUT2D eigenvalue weighted by molar-refractivity contribution is 9.10. The largest absolute Gasteiger partial charge is 0.322 e. The van der Waals surface area contributed by atoms with Gasteiger partial charge in [-0.1, -0.05) is 11.6 Å². The van der Waals surface area contributed by atoms with Crippen LogP contribution in [0.1, 0.15) is 10.4 Å². The number of carbonyl (C=O) groups excluding carboxylic acids is 1. The molecular formula is C13H7BrClFN2O3. The Morgan fingerprint density at radius 3 is 2.62 bits per heavy atom. The summed E-state index contributed by atoms with van der Waals surface area (Å²) < 4.78 is 13.6. The highest BCUT2D eigenvalue weighted by Crippen LogP contribution is 2.26. The fraction of sp³-hybridized carbons (Fsp3) is 0. The van der Waals surface area contributed by atoms with E-state index in [4.69, 9.17) is 11.6 Å². The zero-order valence-electron chi connectivity index (χ0n) is 10.3. The third-order valence-corrected chi connectivity index (χ3v) is 3.55. The highest BCUT2D eigenvalue weighted by atomic mass is 79.9. The van der Waals surface area contributed by atoms with E-state index >= 15 is 0 Å². The normalized spacial score (nSPS) is 10.2. The molecule has 0 aliphatic rings. The first kappa shape index (κ1) is 15.4. The van der Waals surface area contributed by atoms with E-state index < -0.39 is 16.6 Å². The molecule has 0 aliphatic heterocycles. The molecule has 0 radical (unpaired) electrons. The minimum atomic E-state index is -0.682. The third kappa shape index (κ3) is 3.56. The average Bonchev–Trinajstić information content (AvgIpc) is 2.43. The monoisotopic (exact) mass is 372 g/mol. The molecule has 108 valence electrons. The number of nitro groups is 1. The van der Waals surface area contributed by atoms with E-state index in [-0.39, 0.29) is 26.4 Å². The van der Waals surface area contributed by atoms with Crippen molar-refractivity contribution >= 4 is 44.8 Å². The maximum Gasteiger partial charge on any atom is 0.288 e. The Morgan fingerprint density at radius 2 is 2.00 bits per heavy atom. The molecule has 0 aliphatic carbocycles. The number of carbonyl (C=O) groups is 1. The van der Waals surface area contributed by atoms with Gasteiger partial charge in [-0.2, -0.15) is 0 Å². The van der Waals surface area contributed by atoms with E-state index in [9.17, 15) is 19.3 Å². The molecular weight excluding hydrogens is 367 g/mol. The van der Waals surface area contributed by atoms with Crippen LogP contribution >= 0.6 is 27.5 Å². The van der Waals surface area contributed by atoms with Gasteiger partial charge in [0.2, 0.25) is 0 Å². The van der Waals surface area contributed by atoms with Crippen molar-refractivity contribution in [3.05, 3.63) is 67.4 Å². The molecule has 0 aromatic heterocycles. The molecule has 2 aromatic rings. The molecule has 0 unspecified atom stereocenters. The van der Waals surface area contributed by atoms with E-state index in [0.29, 0.717) is 0 Å². The van der Waals surface area contributed by atoms with Crippen LogP contribution < -0.4 is 5.32 Å². The standard InChI is InChI=1S/C13H7BrClFN2O3/c14-9-3-2-8(6-11(9)16)17-13(19)7-1-4-10(15)12(5-7)18(20)21/h1-6H,(H,17,19). The Bertz CT molecular complexity index is 739. The summed E-state index contributed by atoms with van der Waals surface area (Å²) in [6, 6.07) is 7.74. The first-order chi connectivity index (χ1) is 9.88. The smallest absolute Gasteiger partial charge is 0.288 e. The lowest BCUT2D eigenvalue weighted by Crippen LogP contribution is -2.12. The fourth-order valence-electron chi connectivity index (χ4n) is 1.57. The molecule has 0 spiro atoms. The molecule has 2 aromatic carbocycles. The van der Waals surface area contributed by atoms with Crippen molar-refractivity contribution in [3.8, 4) is 0 Å². The number of benzene rings is 2. The summed E-state index contributed by atoms with van der Waals surface area (Å²) in [5.74, 6) is -1.13. The Morgan fingerprint density at radius 1 is 1.29 bits per heavy atom. The third-order valence-electron chi connectivity index (χ3n) is 2.58. The number of amides is 1. The zero-order valence-corrected chi connectivity index (χ0v) is 12.6. The van der Waals surface area contributed by atoms with E-state index in [1.54, 1.807) is 0 Å². The predicted molar refractivity (Wildman–Crippen MR) is 80.2 cm³/mol. The molecule has 1 amide bonds. The summed E-state index contributed by atoms with van der Waals surface area (Å²) in [4.78, 5) is 22.1. The SMILES string of the molecule is O=C(Nc1ccc(Br)c(F)c1)c1ccc(Cl)c([N+](=O)[O-])c1. The molecule has 5 nitrogen and oxygen atoms in total. The number of rotatable bonds is 3. The van der Waals surface area contributed by atoms with Crippen LogP contribution in [-0.2, 0) is 0 Å². The second-order valence-electron chi connectivity index (χ2n) is 4.01. The molecule has 21 heavy (non-hydrogen) atoms. The van der Waals surface area contributed by atoms with E-state index in [2.05, 4.69) is 21.2 Å². The van der Waals surface area contributed by atoms with Crippen molar-refractivity contribution < 1.29 is 14.1 Å². The second kappa shape index (κ2) is 6.19. The Hall–Kier alpha value is -1.99. The van der Waals surface area contributed by atoms with Crippen molar-refractivity contribution in [1.82, 2.24) is 0 Å². The van der Waals surface area contributed by atoms with Crippen molar-refractivity contribution in [2.45, 2.75) is 0 Å². The van der Waals surface area contributed by atoms with Crippen LogP contribution in [0.5, 0.6) is 0 Å². The van der Waals surface area contributed by atoms with Gasteiger partial charge in [-0.25, -0.2) is 4.39 Å². The van der Waals surface area contributed by atoms with E-state index in [1.165, 1.54) is 24.3 Å². The lowest BCUT2D eigenvalue weighted by molar-refractivity contribution is -0.384. The number of hydrogen-bond donors (Lipinski definition) is 1. The summed E-state index contributed by atoms with van der Waals surface area (Å²) in [7, 11) is 0. The van der Waals surface area contributed by atoms with Gasteiger partial charge in [0.15, 0.2) is 0 Å². The fourth-order valence-corrected chi connectivity index (χ4v) is 2.00. The summed E-state index contributed by atoms with van der Waals surface area (Å²) in [5, 5.41) is 13.2. The van der Waals surface area contributed by atoms with Crippen LogP contribution in [0.2, 0.25) is 5.02 Å². The topological polar surface area (TPSA) is 72.2 Å². The van der Waals surface area contributed by atoms with Crippen LogP contribution in [0.3, 0.4) is 0 Å². The number of halogens is 3. The van der Waals surface area contributed by atoms with Gasteiger partial charge in [-0.05, 0) is 46.3 Å². The van der Waals surface area contributed by atoms with Gasteiger partial charge < -0.3 is 5.32 Å². The van der Waals surface area contributed by atoms with Gasteiger partial charge in [0.05, 0.1) is 9.40 Å². The summed E-state index contributed by atoms with van der Waals surface area (Å²) in [6.07, 6.45) is 0. The van der Waals surface area contributed by atoms with Crippen LogP contribution in [0.15, 0.2) is 40.9 Å². The first-order valence-corrected chi connectivity index (χ1v) is 6.76. The van der Waals surface area contributed by atoms with Gasteiger partial charge >= 0.3 is 0 Å². The lowest BCUT2D eigenvalue weighted by atomic mass is 10.2. The van der Waals surface area contributed by atoms with Crippen LogP contribution in [-0.4, -0.2) is 10.8 Å². The molecule has 2 rings (SSSR count). The van der Waals surface area contributed by atoms with Crippen molar-refractivity contribution in [2.75, 3.05) is 5.32 Å². The van der Waals surface area contributed by atoms with E-state index in [1.807, 2.05) is 0 Å². The molecule has 0 saturated carbocycles. The minimum absolute atomic E-state index is 0.0504. The van der Waals surface area contributed by atoms with Gasteiger partial charge in [0.1, 0.15) is 10.8 Å². The van der Waals surface area contributed by atoms with Crippen molar-refractivity contribution in [1.29, 1.82) is 0 Å². The number of nitrogens with zero attached hydrogens (tertiary/aromatic N) is 1. The Balaban J connectivity index is 2.26. The molecule has 0 saturated heterocycles. The number of nitrogens with one attached hydrogen (secondary N) is 1. The van der Waals surface area contributed by atoms with Gasteiger partial charge in [0.25, 0.3) is 11.6 Å². The molecule has 0 fully saturated rings. The van der Waals surface area contributed by atoms with Gasteiger partial charge in [-0.15, -0.1) is 0 Å². The molecule has 0 atom stereocenters. The summed E-state index contributed by atoms with van der Waals surface area (Å²) >= 11 is 8.66. The maximum atomic E-state index is 13.4. The average molecular weight is 374 g/mol. The number of nitro benzene ring substituents is 1. The van der Waals surface area contributed by atoms with Crippen LogP contribution in [0.4, 0.5) is 15.8 Å². The predicted octanol–water partition coefficient (Wildman–Crippen LogP) is 4.40. The molecule has 1 N–H and O–H groups in total. The molecule has 0 heterocycles. The Kier molecular flexibility index (Phi) is 4.54. The Labute approximate surface area is 132 Å². The van der Waals surface area contributed by atoms with Crippen LogP contribution in [0, 0.1) is 15.9 Å². The molecule has 0 bridgehead atoms. The number of anilines is 1. The van der Waals surface area contributed by atoms with Gasteiger partial charge in [-0.3, -0.25) is 14.9 Å². The summed E-state index contributed by atoms with van der Waals surface area (Å²) in [5.41, 5.74) is -0.0842. The quantitative estimate of drug-likeness (QED) is 0.640. The zero-order chi connectivity index (χ0) is 15.6. The van der Waals surface area contributed by atoms with Crippen molar-refractivity contribution in [2.24, 2.45) is 0 Å². The van der Waals surface area contributed by atoms with Crippen molar-refractivity contribution in [3.63, 3.8) is 0 Å². The minimum Gasteiger partial charge on any atom is -0.322 e. The lowest BCUT2D eigenvalue weighted by Gasteiger charge is -2.06. The maximum absolute atomic E-state index is 13.4. The summed E-state index contributed by atoms with van der Waals surface area (Å²) in [6.45, 7) is 0. The second-order valence-corrected chi connectivity index (χ2v) is 5.27. The highest BCUT2D eigenvalue weighted by Gasteiger charge is 2.16. The molecule has 8 heteroatoms. The van der Waals surface area contributed by atoms with Crippen LogP contribution in [0.25, 0.3) is 0 Å². The van der Waals surface area contributed by atoms with Gasteiger partial charge in [0, 0.05) is 17.3 Å². The first-order valence-electron chi connectivity index (χ1n) is 5.59.